The Hall–Kier alpha value is 0.250. The van der Waals surface area contributed by atoms with E-state index < -0.39 is 0 Å². The van der Waals surface area contributed by atoms with Crippen LogP contribution >= 0.6 is 11.6 Å². The van der Waals surface area contributed by atoms with Gasteiger partial charge in [-0.3, -0.25) is 0 Å². The van der Waals surface area contributed by atoms with Gasteiger partial charge in [-0.25, -0.2) is 0 Å². The van der Waals surface area contributed by atoms with Gasteiger partial charge in [0.1, 0.15) is 0 Å². The van der Waals surface area contributed by atoms with E-state index in [4.69, 9.17) is 16.3 Å². The molecule has 0 N–H and O–H groups in total. The third-order valence-electron chi connectivity index (χ3n) is 2.68. The number of rotatable bonds is 4. The molecule has 0 radical (unpaired) electrons. The minimum Gasteiger partial charge on any atom is -0.372 e. The van der Waals surface area contributed by atoms with Gasteiger partial charge in [0.25, 0.3) is 0 Å². The van der Waals surface area contributed by atoms with Crippen LogP contribution in [0.5, 0.6) is 0 Å². The van der Waals surface area contributed by atoms with Crippen molar-refractivity contribution in [3.8, 4) is 0 Å². The minimum absolute atomic E-state index is 0.122. The summed E-state index contributed by atoms with van der Waals surface area (Å²) in [5.74, 6) is 0. The average Bonchev–Trinajstić information content (AvgIpc) is 2.29. The van der Waals surface area contributed by atoms with Crippen molar-refractivity contribution in [2.75, 3.05) is 0 Å². The van der Waals surface area contributed by atoms with Crippen LogP contribution in [0.25, 0.3) is 0 Å². The zero-order valence-corrected chi connectivity index (χ0v) is 9.73. The lowest BCUT2D eigenvalue weighted by molar-refractivity contribution is -0.0190. The van der Waals surface area contributed by atoms with E-state index in [2.05, 4.69) is 20.8 Å². The highest BCUT2D eigenvalue weighted by atomic mass is 35.5. The van der Waals surface area contributed by atoms with Crippen molar-refractivity contribution in [1.82, 2.24) is 0 Å². The van der Waals surface area contributed by atoms with Gasteiger partial charge in [-0.15, -0.1) is 11.6 Å². The molecule has 0 bridgehead atoms. The van der Waals surface area contributed by atoms with Crippen LogP contribution in [-0.2, 0) is 4.74 Å². The van der Waals surface area contributed by atoms with E-state index in [-0.39, 0.29) is 5.60 Å². The number of hydrogen-bond donors (Lipinski definition) is 0. The summed E-state index contributed by atoms with van der Waals surface area (Å²) in [6.45, 7) is 6.41. The maximum Gasteiger partial charge on any atom is 0.0631 e. The summed E-state index contributed by atoms with van der Waals surface area (Å²) in [4.78, 5) is 0. The number of ether oxygens (including phenoxy) is 1. The number of hydrogen-bond acceptors (Lipinski definition) is 1. The van der Waals surface area contributed by atoms with Crippen LogP contribution in [0.3, 0.4) is 0 Å². The summed E-state index contributed by atoms with van der Waals surface area (Å²) in [5.41, 5.74) is 0.122. The molecule has 0 aromatic heterocycles. The molecule has 1 aliphatic heterocycles. The van der Waals surface area contributed by atoms with Gasteiger partial charge >= 0.3 is 0 Å². The van der Waals surface area contributed by atoms with Gasteiger partial charge in [-0.2, -0.15) is 0 Å². The molecule has 0 saturated carbocycles. The summed E-state index contributed by atoms with van der Waals surface area (Å²) >= 11 is 5.88. The Morgan fingerprint density at radius 3 is 2.69 bits per heavy atom. The van der Waals surface area contributed by atoms with Crippen molar-refractivity contribution in [3.05, 3.63) is 0 Å². The molecular formula is C11H21ClO. The van der Waals surface area contributed by atoms with Crippen LogP contribution in [0.2, 0.25) is 0 Å². The molecule has 2 unspecified atom stereocenters. The first-order valence-corrected chi connectivity index (χ1v) is 5.75. The summed E-state index contributed by atoms with van der Waals surface area (Å²) in [6.07, 6.45) is 6.41. The second-order valence-electron chi connectivity index (χ2n) is 4.75. The Kier molecular flexibility index (Phi) is 4.06. The molecule has 1 nitrogen and oxygen atoms in total. The molecule has 0 aromatic carbocycles. The van der Waals surface area contributed by atoms with Gasteiger partial charge in [-0.05, 0) is 52.9 Å². The Balaban J connectivity index is 2.11. The molecule has 13 heavy (non-hydrogen) atoms. The molecule has 2 heteroatoms. The first-order valence-electron chi connectivity index (χ1n) is 5.31. The Morgan fingerprint density at radius 1 is 1.54 bits per heavy atom. The standard InChI is InChI=1S/C11H21ClO/c1-9(12)5-4-6-10-7-8-11(2,3)13-10/h9-10H,4-8H2,1-3H3. The number of alkyl halides is 1. The van der Waals surface area contributed by atoms with E-state index in [0.717, 1.165) is 6.42 Å². The van der Waals surface area contributed by atoms with Gasteiger partial charge in [0.15, 0.2) is 0 Å². The fourth-order valence-corrected chi connectivity index (χ4v) is 2.06. The molecule has 1 heterocycles. The Labute approximate surface area is 86.8 Å². The lowest BCUT2D eigenvalue weighted by Gasteiger charge is -2.19. The van der Waals surface area contributed by atoms with Crippen LogP contribution in [-0.4, -0.2) is 17.1 Å². The van der Waals surface area contributed by atoms with Crippen LogP contribution < -0.4 is 0 Å². The van der Waals surface area contributed by atoms with Gasteiger partial charge in [0.2, 0.25) is 0 Å². The van der Waals surface area contributed by atoms with E-state index in [0.29, 0.717) is 11.5 Å². The van der Waals surface area contributed by atoms with Crippen molar-refractivity contribution in [2.45, 2.75) is 70.0 Å². The lowest BCUT2D eigenvalue weighted by Crippen LogP contribution is -2.19. The quantitative estimate of drug-likeness (QED) is 0.634. The SMILES string of the molecule is CC(Cl)CCCC1CCC(C)(C)O1. The second kappa shape index (κ2) is 4.65. The number of halogens is 1. The second-order valence-corrected chi connectivity index (χ2v) is 5.49. The molecule has 1 fully saturated rings. The van der Waals surface area contributed by atoms with Crippen molar-refractivity contribution in [2.24, 2.45) is 0 Å². The van der Waals surface area contributed by atoms with E-state index >= 15 is 0 Å². The van der Waals surface area contributed by atoms with Crippen LogP contribution in [0.4, 0.5) is 0 Å². The maximum absolute atomic E-state index is 5.89. The minimum atomic E-state index is 0.122. The maximum atomic E-state index is 5.89. The smallest absolute Gasteiger partial charge is 0.0631 e. The molecule has 78 valence electrons. The van der Waals surface area contributed by atoms with Crippen molar-refractivity contribution >= 4 is 11.6 Å². The average molecular weight is 205 g/mol. The normalized spacial score (nSPS) is 29.1. The molecule has 0 aromatic rings. The fraction of sp³-hybridized carbons (Fsp3) is 1.00. The fourth-order valence-electron chi connectivity index (χ4n) is 1.91. The van der Waals surface area contributed by atoms with Crippen molar-refractivity contribution in [1.29, 1.82) is 0 Å². The Morgan fingerprint density at radius 2 is 2.23 bits per heavy atom. The molecule has 1 saturated heterocycles. The summed E-state index contributed by atoms with van der Waals surface area (Å²) < 4.78 is 5.89. The third kappa shape index (κ3) is 4.33. The summed E-state index contributed by atoms with van der Waals surface area (Å²) in [6, 6.07) is 0. The lowest BCUT2D eigenvalue weighted by atomic mass is 10.0. The van der Waals surface area contributed by atoms with Crippen LogP contribution in [0, 0.1) is 0 Å². The highest BCUT2D eigenvalue weighted by Gasteiger charge is 2.30. The van der Waals surface area contributed by atoms with E-state index in [1.165, 1.54) is 25.7 Å². The molecular weight excluding hydrogens is 184 g/mol. The third-order valence-corrected chi connectivity index (χ3v) is 2.90. The first-order chi connectivity index (χ1) is 5.99. The molecule has 1 rings (SSSR count). The largest absolute Gasteiger partial charge is 0.372 e. The monoisotopic (exact) mass is 204 g/mol. The van der Waals surface area contributed by atoms with E-state index in [1.807, 2.05) is 0 Å². The van der Waals surface area contributed by atoms with Gasteiger partial charge in [0, 0.05) is 5.38 Å². The zero-order chi connectivity index (χ0) is 9.90. The van der Waals surface area contributed by atoms with E-state index in [1.54, 1.807) is 0 Å². The predicted molar refractivity (Wildman–Crippen MR) is 57.4 cm³/mol. The molecule has 1 aliphatic rings. The summed E-state index contributed by atoms with van der Waals surface area (Å²) in [7, 11) is 0. The van der Waals surface area contributed by atoms with E-state index in [9.17, 15) is 0 Å². The Bertz CT molecular complexity index is 154. The molecule has 0 aliphatic carbocycles. The van der Waals surface area contributed by atoms with Crippen LogP contribution in [0.1, 0.15) is 52.9 Å². The van der Waals surface area contributed by atoms with Crippen LogP contribution in [0.15, 0.2) is 0 Å². The highest BCUT2D eigenvalue weighted by Crippen LogP contribution is 2.31. The van der Waals surface area contributed by atoms with Gasteiger partial charge in [0.05, 0.1) is 11.7 Å². The topological polar surface area (TPSA) is 9.23 Å². The molecule has 0 spiro atoms. The molecule has 2 atom stereocenters. The molecule has 0 amide bonds. The zero-order valence-electron chi connectivity index (χ0n) is 8.98. The highest BCUT2D eigenvalue weighted by molar-refractivity contribution is 6.20. The van der Waals surface area contributed by atoms with Gasteiger partial charge in [-0.1, -0.05) is 0 Å². The predicted octanol–water partition coefficient (Wildman–Crippen LogP) is 3.74. The van der Waals surface area contributed by atoms with Crippen molar-refractivity contribution in [3.63, 3.8) is 0 Å². The first kappa shape index (κ1) is 11.3. The van der Waals surface area contributed by atoms with Gasteiger partial charge < -0.3 is 4.74 Å². The summed E-state index contributed by atoms with van der Waals surface area (Å²) in [5, 5.41) is 0.314. The van der Waals surface area contributed by atoms with Crippen molar-refractivity contribution < 1.29 is 4.74 Å².